The summed E-state index contributed by atoms with van der Waals surface area (Å²) in [5.41, 5.74) is 12.1. The molecule has 0 aromatic heterocycles. The van der Waals surface area contributed by atoms with Crippen molar-refractivity contribution in [3.63, 3.8) is 0 Å². The molecule has 8 bridgehead atoms. The van der Waals surface area contributed by atoms with E-state index < -0.39 is 11.9 Å². The second-order valence-corrected chi connectivity index (χ2v) is 14.0. The molecule has 7 rings (SSSR count). The smallest absolute Gasteiger partial charge is 0.335 e. The number of hydrogen-bond acceptors (Lipinski definition) is 6. The lowest BCUT2D eigenvalue weighted by Crippen LogP contribution is -2.05. The van der Waals surface area contributed by atoms with Crippen molar-refractivity contribution in [2.75, 3.05) is 0 Å². The van der Waals surface area contributed by atoms with E-state index in [4.69, 9.17) is 20.0 Å². The zero-order chi connectivity index (χ0) is 37.6. The number of benzene rings is 2. The van der Waals surface area contributed by atoms with Crippen molar-refractivity contribution in [2.24, 2.45) is 20.0 Å². The fourth-order valence-electron chi connectivity index (χ4n) is 7.32. The number of rotatable bonds is 14. The number of aromatic carboxylic acids is 2. The summed E-state index contributed by atoms with van der Waals surface area (Å²) >= 11 is 0. The first-order valence-electron chi connectivity index (χ1n) is 19.1. The average molecular weight is 717 g/mol. The molecular formula is C46H44N4O4. The largest absolute Gasteiger partial charge is 0.478 e. The normalized spacial score (nSPS) is 17.2. The van der Waals surface area contributed by atoms with Gasteiger partial charge in [0.15, 0.2) is 0 Å². The quantitative estimate of drug-likeness (QED) is 0.189. The maximum Gasteiger partial charge on any atom is 0.335 e. The van der Waals surface area contributed by atoms with E-state index in [9.17, 15) is 19.8 Å². The SMILES string of the molecule is CCCCCCC1=C2C=CC(=N2)C(CCCCCC)=C2C=CC(=N2)C(c2ccc(C(=O)O)cc2)=C2C=CC(=N2)C(c2ccc(C(=O)O)cc2)=C2C=CC1=N2. The van der Waals surface area contributed by atoms with Gasteiger partial charge in [0.05, 0.1) is 56.8 Å². The van der Waals surface area contributed by atoms with Gasteiger partial charge in [0.2, 0.25) is 0 Å². The maximum absolute atomic E-state index is 11.8. The van der Waals surface area contributed by atoms with Gasteiger partial charge >= 0.3 is 11.9 Å². The van der Waals surface area contributed by atoms with Crippen LogP contribution in [-0.4, -0.2) is 45.0 Å². The zero-order valence-corrected chi connectivity index (χ0v) is 30.8. The lowest BCUT2D eigenvalue weighted by Gasteiger charge is -2.12. The number of carboxylic acid groups (broad SMARTS) is 2. The number of aliphatic imine (C=N–C) groups is 4. The predicted molar refractivity (Wildman–Crippen MR) is 219 cm³/mol. The molecule has 54 heavy (non-hydrogen) atoms. The molecule has 5 heterocycles. The number of unbranched alkanes of at least 4 members (excludes halogenated alkanes) is 6. The van der Waals surface area contributed by atoms with Crippen LogP contribution in [-0.2, 0) is 0 Å². The van der Waals surface area contributed by atoms with Crippen LogP contribution in [0.15, 0.2) is 151 Å². The second-order valence-electron chi connectivity index (χ2n) is 14.0. The number of carboxylic acids is 2. The van der Waals surface area contributed by atoms with E-state index in [0.29, 0.717) is 11.4 Å². The van der Waals surface area contributed by atoms with Crippen molar-refractivity contribution < 1.29 is 19.8 Å². The van der Waals surface area contributed by atoms with Gasteiger partial charge in [-0.2, -0.15) is 0 Å². The summed E-state index contributed by atoms with van der Waals surface area (Å²) in [5, 5.41) is 19.3. The lowest BCUT2D eigenvalue weighted by atomic mass is 9.97. The molecule has 8 heteroatoms. The van der Waals surface area contributed by atoms with Gasteiger partial charge in [0, 0.05) is 22.3 Å². The first-order chi connectivity index (χ1) is 26.3. The van der Waals surface area contributed by atoms with Crippen molar-refractivity contribution in [3.8, 4) is 0 Å². The van der Waals surface area contributed by atoms with E-state index in [-0.39, 0.29) is 11.1 Å². The van der Waals surface area contributed by atoms with E-state index in [1.165, 1.54) is 12.8 Å². The van der Waals surface area contributed by atoms with E-state index >= 15 is 0 Å². The van der Waals surface area contributed by atoms with Crippen LogP contribution in [0, 0.1) is 0 Å². The van der Waals surface area contributed by atoms with Crippen molar-refractivity contribution in [3.05, 3.63) is 153 Å². The molecule has 0 aliphatic carbocycles. The summed E-state index contributed by atoms with van der Waals surface area (Å²) in [6.07, 6.45) is 27.0. The number of fused-ring (bicyclic) bond motifs is 4. The Labute approximate surface area is 316 Å². The highest BCUT2D eigenvalue weighted by Crippen LogP contribution is 2.37. The highest BCUT2D eigenvalue weighted by atomic mass is 16.4. The molecule has 0 spiro atoms. The number of hydrogen-bond donors (Lipinski definition) is 2. The fourth-order valence-corrected chi connectivity index (χ4v) is 7.32. The Balaban J connectivity index is 1.46. The standard InChI is InChI=1S/C46H44N4O4/c1-3-5-7-9-11-33-35-21-22-36(47-35)34(12-10-8-6-4-2)38-24-26-40(49-38)44(30-15-19-32(20-16-30)46(53)54)42-28-27-41(50-42)43(39-25-23-37(33)48-39)29-13-17-31(18-14-29)45(51)52/h13-28H,3-12H2,1-2H3,(H,51,52)(H,53,54). The third kappa shape index (κ3) is 7.69. The van der Waals surface area contributed by atoms with Crippen LogP contribution < -0.4 is 0 Å². The Hall–Kier alpha value is -6.02. The minimum atomic E-state index is -0.994. The summed E-state index contributed by atoms with van der Waals surface area (Å²) in [6.45, 7) is 4.44. The third-order valence-electron chi connectivity index (χ3n) is 10.2. The Bertz CT molecular complexity index is 2200. The summed E-state index contributed by atoms with van der Waals surface area (Å²) < 4.78 is 0. The van der Waals surface area contributed by atoms with Crippen LogP contribution >= 0.6 is 0 Å². The van der Waals surface area contributed by atoms with E-state index in [1.54, 1.807) is 48.5 Å². The van der Waals surface area contributed by atoms with Crippen molar-refractivity contribution >= 4 is 45.9 Å². The van der Waals surface area contributed by atoms with E-state index in [0.717, 1.165) is 119 Å². The summed E-state index contributed by atoms with van der Waals surface area (Å²) in [4.78, 5) is 44.6. The predicted octanol–water partition coefficient (Wildman–Crippen LogP) is 10.7. The molecule has 2 aromatic carbocycles. The van der Waals surface area contributed by atoms with E-state index in [1.807, 2.05) is 24.3 Å². The molecule has 0 saturated carbocycles. The molecule has 0 unspecified atom stereocenters. The van der Waals surface area contributed by atoms with Crippen LogP contribution in [0.5, 0.6) is 0 Å². The molecule has 0 amide bonds. The molecule has 0 saturated heterocycles. The van der Waals surface area contributed by atoms with Crippen LogP contribution in [0.2, 0.25) is 0 Å². The Morgan fingerprint density at radius 1 is 0.444 bits per heavy atom. The molecule has 2 aromatic rings. The van der Waals surface area contributed by atoms with E-state index in [2.05, 4.69) is 38.2 Å². The second kappa shape index (κ2) is 16.3. The van der Waals surface area contributed by atoms with Gasteiger partial charge in [-0.3, -0.25) is 0 Å². The van der Waals surface area contributed by atoms with Crippen LogP contribution in [0.3, 0.4) is 0 Å². The molecule has 5 aliphatic heterocycles. The number of carbonyl (C=O) groups is 2. The molecule has 5 aliphatic rings. The van der Waals surface area contributed by atoms with Gasteiger partial charge in [-0.25, -0.2) is 29.6 Å². The van der Waals surface area contributed by atoms with Crippen molar-refractivity contribution in [1.82, 2.24) is 0 Å². The highest BCUT2D eigenvalue weighted by molar-refractivity contribution is 6.36. The molecule has 8 nitrogen and oxygen atoms in total. The van der Waals surface area contributed by atoms with Gasteiger partial charge in [-0.05, 0) is 110 Å². The summed E-state index contributed by atoms with van der Waals surface area (Å²) in [5.74, 6) is -1.99. The third-order valence-corrected chi connectivity index (χ3v) is 10.2. The molecule has 272 valence electrons. The van der Waals surface area contributed by atoms with Gasteiger partial charge in [0.25, 0.3) is 0 Å². The van der Waals surface area contributed by atoms with Crippen molar-refractivity contribution in [1.29, 1.82) is 0 Å². The molecule has 0 atom stereocenters. The van der Waals surface area contributed by atoms with Gasteiger partial charge < -0.3 is 10.2 Å². The average Bonchev–Trinajstić information content (AvgIpc) is 4.02. The first kappa shape index (κ1) is 36.3. The molecular weight excluding hydrogens is 673 g/mol. The highest BCUT2D eigenvalue weighted by Gasteiger charge is 2.27. The van der Waals surface area contributed by atoms with Crippen molar-refractivity contribution in [2.45, 2.75) is 78.1 Å². The Kier molecular flexibility index (Phi) is 11.0. The lowest BCUT2D eigenvalue weighted by molar-refractivity contribution is 0.0686. The zero-order valence-electron chi connectivity index (χ0n) is 30.8. The molecule has 0 fully saturated rings. The maximum atomic E-state index is 11.8. The summed E-state index contributed by atoms with van der Waals surface area (Å²) in [6, 6.07) is 13.6. The van der Waals surface area contributed by atoms with Crippen LogP contribution in [0.4, 0.5) is 0 Å². The molecule has 0 radical (unpaired) electrons. The van der Waals surface area contributed by atoms with Gasteiger partial charge in [-0.15, -0.1) is 0 Å². The minimum Gasteiger partial charge on any atom is -0.478 e. The summed E-state index contributed by atoms with van der Waals surface area (Å²) in [7, 11) is 0. The van der Waals surface area contributed by atoms with Crippen LogP contribution in [0.1, 0.15) is 110 Å². The molecule has 2 N–H and O–H groups in total. The number of allylic oxidation sites excluding steroid dienone is 12. The Morgan fingerprint density at radius 3 is 1.20 bits per heavy atom. The topological polar surface area (TPSA) is 124 Å². The van der Waals surface area contributed by atoms with Gasteiger partial charge in [0.1, 0.15) is 0 Å². The van der Waals surface area contributed by atoms with Crippen LogP contribution in [0.25, 0.3) is 11.1 Å². The Morgan fingerprint density at radius 2 is 0.796 bits per heavy atom. The number of nitrogens with zero attached hydrogens (tertiary/aromatic N) is 4. The monoisotopic (exact) mass is 716 g/mol. The first-order valence-corrected chi connectivity index (χ1v) is 19.1. The minimum absolute atomic E-state index is 0.195. The van der Waals surface area contributed by atoms with Gasteiger partial charge in [-0.1, -0.05) is 76.6 Å². The fraction of sp³-hybridized carbons (Fsp3) is 0.261.